The fourth-order valence-electron chi connectivity index (χ4n) is 0.0210. The Morgan fingerprint density at radius 3 is 2.40 bits per heavy atom. The number of hydrogen-bond donors (Lipinski definition) is 0. The van der Waals surface area contributed by atoms with Crippen molar-refractivity contribution in [2.45, 2.75) is 0 Å². The first-order valence-electron chi connectivity index (χ1n) is 0.925. The first-order chi connectivity index (χ1) is 2.41. The molecule has 0 atom stereocenters. The summed E-state index contributed by atoms with van der Waals surface area (Å²) in [5.74, 6) is 0. The summed E-state index contributed by atoms with van der Waals surface area (Å²) in [6.07, 6.45) is 0. The van der Waals surface area contributed by atoms with Gasteiger partial charge in [0, 0.05) is 0 Å². The maximum absolute atomic E-state index is 9.15. The third kappa shape index (κ3) is 4.46. The van der Waals surface area contributed by atoms with Crippen LogP contribution in [0.1, 0.15) is 0 Å². The van der Waals surface area contributed by atoms with Crippen molar-refractivity contribution in [3.05, 3.63) is 0 Å². The zero-order valence-electron chi connectivity index (χ0n) is 2.35. The number of rotatable bonds is 2. The molecule has 2 nitrogen and oxygen atoms in total. The van der Waals surface area contributed by atoms with E-state index >= 15 is 0 Å². The van der Waals surface area contributed by atoms with E-state index < -0.39 is 0 Å². The molecule has 0 fully saturated rings. The van der Waals surface area contributed by atoms with E-state index in [1.165, 1.54) is 5.34 Å². The molecule has 0 amide bonds. The Kier molecular flexibility index (Phi) is 4.87. The first-order valence-corrected chi connectivity index (χ1v) is 2.17. The Labute approximate surface area is 44.7 Å². The van der Waals surface area contributed by atoms with E-state index in [1.54, 1.807) is 0 Å². The van der Waals surface area contributed by atoms with Gasteiger partial charge in [0.15, 0.2) is 0 Å². The maximum atomic E-state index is 9.15. The Morgan fingerprint density at radius 2 is 2.40 bits per heavy atom. The van der Waals surface area contributed by atoms with Crippen LogP contribution >= 0.6 is 22.4 Å². The Balaban J connectivity index is 2.40. The monoisotopic (exact) mass is 181 g/mol. The zero-order valence-corrected chi connectivity index (χ0v) is 4.51. The minimum atomic E-state index is 0.367. The first kappa shape index (κ1) is 5.46. The van der Waals surface area contributed by atoms with Crippen LogP contribution in [0.4, 0.5) is 0 Å². The van der Waals surface area contributed by atoms with E-state index in [-0.39, 0.29) is 0 Å². The molecule has 1 radical (unpaired) electrons. The number of hydrogen-bond acceptors (Lipinski definition) is 2. The number of halogens is 1. The standard InChI is InChI=1S/B2IO2/c3-1-5-2-4. The molecule has 5 heavy (non-hydrogen) atoms. The summed E-state index contributed by atoms with van der Waals surface area (Å²) in [6, 6.07) is 0. The molecule has 5 heteroatoms. The molecule has 0 aromatic rings. The summed E-state index contributed by atoms with van der Waals surface area (Å²) < 4.78 is 13.2. The molecule has 0 aliphatic carbocycles. The second kappa shape index (κ2) is 4.46. The van der Waals surface area contributed by atoms with Crippen LogP contribution in [0, 0.1) is 0 Å². The van der Waals surface area contributed by atoms with Gasteiger partial charge < -0.3 is 0 Å². The second-order valence-electron chi connectivity index (χ2n) is 0.321. The van der Waals surface area contributed by atoms with Crippen LogP contribution in [0.2, 0.25) is 0 Å². The van der Waals surface area contributed by atoms with E-state index in [1.807, 2.05) is 22.4 Å². The Bertz CT molecular complexity index is 28.8. The van der Waals surface area contributed by atoms with Gasteiger partial charge >= 0.3 is 44.3 Å². The summed E-state index contributed by atoms with van der Waals surface area (Å²) in [5, 5.41) is 1.28. The molecule has 0 rings (SSSR count). The third-order valence-electron chi connectivity index (χ3n) is 0.107. The van der Waals surface area contributed by atoms with Gasteiger partial charge in [0.1, 0.15) is 0 Å². The topological polar surface area (TPSA) is 26.3 Å². The fraction of sp³-hybridized carbons (Fsp3) is 0. The van der Waals surface area contributed by atoms with Gasteiger partial charge in [0.05, 0.1) is 0 Å². The summed E-state index contributed by atoms with van der Waals surface area (Å²) in [5.41, 5.74) is 0. The van der Waals surface area contributed by atoms with E-state index in [0.29, 0.717) is 7.35 Å². The molecule has 0 aliphatic rings. The van der Waals surface area contributed by atoms with Crippen molar-refractivity contribution < 1.29 is 9.28 Å². The molecular formula is B2IO2. The molecule has 0 unspecified atom stereocenters. The summed E-state index contributed by atoms with van der Waals surface area (Å²) in [7, 11) is 0.367. The minimum absolute atomic E-state index is 0.367. The fourth-order valence-corrected chi connectivity index (χ4v) is 0.141. The normalized spacial score (nSPS) is 5.00. The molecule has 0 aromatic carbocycles. The van der Waals surface area contributed by atoms with Gasteiger partial charge in [-0.05, 0) is 0 Å². The molecule has 25 valence electrons. The van der Waals surface area contributed by atoms with Crippen molar-refractivity contribution in [2.24, 2.45) is 0 Å². The third-order valence-corrected chi connectivity index (χ3v) is 0.401. The average Bonchev–Trinajstić information content (AvgIpc) is 1.41. The Hall–Kier alpha value is 0.460. The predicted octanol–water partition coefficient (Wildman–Crippen LogP) is -0.0631. The van der Waals surface area contributed by atoms with E-state index in [4.69, 9.17) is 4.70 Å². The molecule has 0 saturated heterocycles. The summed E-state index contributed by atoms with van der Waals surface area (Å²) in [6.45, 7) is 0. The van der Waals surface area contributed by atoms with Crippen molar-refractivity contribution in [2.75, 3.05) is 0 Å². The molecular weight excluding hydrogens is 181 g/mol. The van der Waals surface area contributed by atoms with Gasteiger partial charge in [-0.1, -0.05) is 0 Å². The quantitative estimate of drug-likeness (QED) is 0.440. The van der Waals surface area contributed by atoms with Crippen LogP contribution in [0.25, 0.3) is 0 Å². The van der Waals surface area contributed by atoms with Gasteiger partial charge in [-0.3, -0.25) is 0 Å². The van der Waals surface area contributed by atoms with Gasteiger partial charge in [-0.25, -0.2) is 0 Å². The SMILES string of the molecule is O=BO[B]I. The Morgan fingerprint density at radius 1 is 1.80 bits per heavy atom. The molecule has 0 spiro atoms. The summed E-state index contributed by atoms with van der Waals surface area (Å²) in [4.78, 5) is 0. The van der Waals surface area contributed by atoms with Crippen molar-refractivity contribution in [1.29, 1.82) is 0 Å². The second-order valence-corrected chi connectivity index (χ2v) is 0.830. The van der Waals surface area contributed by atoms with Crippen molar-refractivity contribution >= 4 is 35.1 Å². The van der Waals surface area contributed by atoms with Crippen LogP contribution in [0.15, 0.2) is 0 Å². The van der Waals surface area contributed by atoms with Crippen LogP contribution in [-0.2, 0) is 9.28 Å². The molecule has 0 bridgehead atoms. The van der Waals surface area contributed by atoms with E-state index in [2.05, 4.69) is 4.57 Å². The van der Waals surface area contributed by atoms with Gasteiger partial charge in [0.2, 0.25) is 0 Å². The molecule has 0 heterocycles. The van der Waals surface area contributed by atoms with E-state index in [0.717, 1.165) is 0 Å². The predicted molar refractivity (Wildman–Crippen MR) is 27.3 cm³/mol. The molecule has 0 N–H and O–H groups in total. The van der Waals surface area contributed by atoms with Gasteiger partial charge in [-0.2, -0.15) is 0 Å². The van der Waals surface area contributed by atoms with Crippen molar-refractivity contribution in [3.63, 3.8) is 0 Å². The molecule has 0 saturated carbocycles. The van der Waals surface area contributed by atoms with Crippen LogP contribution in [-0.4, -0.2) is 12.7 Å². The van der Waals surface area contributed by atoms with Crippen molar-refractivity contribution in [1.82, 2.24) is 0 Å². The molecule has 0 aliphatic heterocycles. The van der Waals surface area contributed by atoms with Crippen LogP contribution < -0.4 is 0 Å². The van der Waals surface area contributed by atoms with Gasteiger partial charge in [-0.15, -0.1) is 0 Å². The van der Waals surface area contributed by atoms with Gasteiger partial charge in [0.25, 0.3) is 0 Å². The van der Waals surface area contributed by atoms with E-state index in [9.17, 15) is 0 Å². The molecule has 0 aromatic heterocycles. The van der Waals surface area contributed by atoms with Crippen LogP contribution in [0.5, 0.6) is 0 Å². The van der Waals surface area contributed by atoms with Crippen molar-refractivity contribution in [3.8, 4) is 0 Å². The van der Waals surface area contributed by atoms with Crippen LogP contribution in [0.3, 0.4) is 0 Å². The zero-order chi connectivity index (χ0) is 4.12. The average molecular weight is 181 g/mol. The summed E-state index contributed by atoms with van der Waals surface area (Å²) >= 11 is 1.81.